The summed E-state index contributed by atoms with van der Waals surface area (Å²) in [6.45, 7) is 0.665. The quantitative estimate of drug-likeness (QED) is 0.866. The fourth-order valence-corrected chi connectivity index (χ4v) is 2.19. The number of halogens is 2. The van der Waals surface area contributed by atoms with Crippen LogP contribution in [0.2, 0.25) is 5.02 Å². The second kappa shape index (κ2) is 6.02. The Labute approximate surface area is 114 Å². The van der Waals surface area contributed by atoms with E-state index in [-0.39, 0.29) is 29.0 Å². The molecule has 1 aliphatic rings. The molecule has 1 aliphatic heterocycles. The Morgan fingerprint density at radius 2 is 2.32 bits per heavy atom. The number of piperidine rings is 1. The van der Waals surface area contributed by atoms with E-state index in [1.54, 1.807) is 0 Å². The van der Waals surface area contributed by atoms with Crippen LogP contribution in [0.25, 0.3) is 0 Å². The first-order valence-electron chi connectivity index (χ1n) is 5.95. The van der Waals surface area contributed by atoms with Crippen molar-refractivity contribution < 1.29 is 18.7 Å². The summed E-state index contributed by atoms with van der Waals surface area (Å²) in [7, 11) is 0. The van der Waals surface area contributed by atoms with Crippen molar-refractivity contribution in [2.24, 2.45) is 5.92 Å². The van der Waals surface area contributed by atoms with Gasteiger partial charge in [-0.3, -0.25) is 4.79 Å². The Bertz CT molecular complexity index is 486. The standard InChI is InChI=1S/C13H13ClFNO3/c14-9-2-1-3-10(15)12(9)13(18)19-7-8-4-5-16-11(17)6-8/h1-3,8H,4-7H2,(H,16,17). The smallest absolute Gasteiger partial charge is 0.342 e. The number of ether oxygens (including phenoxy) is 1. The molecule has 0 spiro atoms. The molecular formula is C13H13ClFNO3. The van der Waals surface area contributed by atoms with Gasteiger partial charge in [-0.25, -0.2) is 9.18 Å². The maximum atomic E-state index is 13.5. The molecule has 1 heterocycles. The third kappa shape index (κ3) is 3.44. The molecule has 1 unspecified atom stereocenters. The van der Waals surface area contributed by atoms with Gasteiger partial charge in [0.2, 0.25) is 5.91 Å². The summed E-state index contributed by atoms with van der Waals surface area (Å²) in [5, 5.41) is 2.71. The molecule has 0 aromatic heterocycles. The van der Waals surface area contributed by atoms with E-state index in [1.807, 2.05) is 0 Å². The molecule has 19 heavy (non-hydrogen) atoms. The van der Waals surface area contributed by atoms with E-state index in [1.165, 1.54) is 12.1 Å². The van der Waals surface area contributed by atoms with Crippen LogP contribution >= 0.6 is 11.6 Å². The lowest BCUT2D eigenvalue weighted by molar-refractivity contribution is -0.124. The topological polar surface area (TPSA) is 55.4 Å². The van der Waals surface area contributed by atoms with Crippen molar-refractivity contribution in [2.75, 3.05) is 13.2 Å². The van der Waals surface area contributed by atoms with Crippen molar-refractivity contribution in [1.29, 1.82) is 0 Å². The van der Waals surface area contributed by atoms with E-state index in [2.05, 4.69) is 5.32 Å². The van der Waals surface area contributed by atoms with Gasteiger partial charge >= 0.3 is 5.97 Å². The van der Waals surface area contributed by atoms with Crippen LogP contribution in [0.5, 0.6) is 0 Å². The molecular weight excluding hydrogens is 273 g/mol. The van der Waals surface area contributed by atoms with E-state index in [0.29, 0.717) is 13.0 Å². The molecule has 1 amide bonds. The Hall–Kier alpha value is -1.62. The number of hydrogen-bond acceptors (Lipinski definition) is 3. The minimum Gasteiger partial charge on any atom is -0.462 e. The lowest BCUT2D eigenvalue weighted by atomic mass is 9.99. The van der Waals surface area contributed by atoms with Gasteiger partial charge in [-0.2, -0.15) is 0 Å². The molecule has 0 radical (unpaired) electrons. The van der Waals surface area contributed by atoms with E-state index >= 15 is 0 Å². The van der Waals surface area contributed by atoms with Gasteiger partial charge in [-0.1, -0.05) is 17.7 Å². The molecule has 4 nitrogen and oxygen atoms in total. The predicted octanol–water partition coefficient (Wildman–Crippen LogP) is 2.16. The molecule has 6 heteroatoms. The molecule has 1 atom stereocenters. The fraction of sp³-hybridized carbons (Fsp3) is 0.385. The Kier molecular flexibility index (Phi) is 4.37. The van der Waals surface area contributed by atoms with Gasteiger partial charge < -0.3 is 10.1 Å². The van der Waals surface area contributed by atoms with Crippen molar-refractivity contribution in [3.05, 3.63) is 34.6 Å². The average molecular weight is 286 g/mol. The summed E-state index contributed by atoms with van der Waals surface area (Å²) < 4.78 is 18.5. The summed E-state index contributed by atoms with van der Waals surface area (Å²) in [5.41, 5.74) is -0.260. The Morgan fingerprint density at radius 1 is 1.53 bits per heavy atom. The lowest BCUT2D eigenvalue weighted by Crippen LogP contribution is -2.35. The number of amides is 1. The Balaban J connectivity index is 1.96. The van der Waals surface area contributed by atoms with Crippen molar-refractivity contribution in [3.63, 3.8) is 0 Å². The van der Waals surface area contributed by atoms with E-state index in [0.717, 1.165) is 12.5 Å². The maximum absolute atomic E-state index is 13.5. The second-order valence-electron chi connectivity index (χ2n) is 4.40. The maximum Gasteiger partial charge on any atom is 0.342 e. The Morgan fingerprint density at radius 3 is 3.00 bits per heavy atom. The van der Waals surface area contributed by atoms with Gasteiger partial charge in [-0.05, 0) is 18.6 Å². The van der Waals surface area contributed by atoms with Crippen LogP contribution < -0.4 is 5.32 Å². The molecule has 0 bridgehead atoms. The minimum atomic E-state index is -0.797. The third-order valence-electron chi connectivity index (χ3n) is 2.97. The molecule has 1 aromatic rings. The van der Waals surface area contributed by atoms with Crippen LogP contribution in [0, 0.1) is 11.7 Å². The SMILES string of the molecule is O=C1CC(COC(=O)c2c(F)cccc2Cl)CCN1. The third-order valence-corrected chi connectivity index (χ3v) is 3.28. The van der Waals surface area contributed by atoms with Gasteiger partial charge in [0, 0.05) is 18.9 Å². The van der Waals surface area contributed by atoms with Gasteiger partial charge in [0.05, 0.1) is 11.6 Å². The molecule has 1 aromatic carbocycles. The largest absolute Gasteiger partial charge is 0.462 e. The van der Waals surface area contributed by atoms with Gasteiger partial charge in [0.25, 0.3) is 0 Å². The number of rotatable bonds is 3. The zero-order valence-corrected chi connectivity index (χ0v) is 10.9. The summed E-state index contributed by atoms with van der Waals surface area (Å²) >= 11 is 5.76. The molecule has 102 valence electrons. The first-order chi connectivity index (χ1) is 9.08. The fourth-order valence-electron chi connectivity index (χ4n) is 1.95. The van der Waals surface area contributed by atoms with Crippen molar-refractivity contribution in [1.82, 2.24) is 5.32 Å². The van der Waals surface area contributed by atoms with Crippen LogP contribution in [0.4, 0.5) is 4.39 Å². The monoisotopic (exact) mass is 285 g/mol. The lowest BCUT2D eigenvalue weighted by Gasteiger charge is -2.21. The summed E-state index contributed by atoms with van der Waals surface area (Å²) in [4.78, 5) is 22.9. The molecule has 1 N–H and O–H groups in total. The second-order valence-corrected chi connectivity index (χ2v) is 4.81. The van der Waals surface area contributed by atoms with Crippen LogP contribution in [-0.4, -0.2) is 25.0 Å². The normalized spacial score (nSPS) is 18.8. The highest BCUT2D eigenvalue weighted by atomic mass is 35.5. The van der Waals surface area contributed by atoms with Crippen molar-refractivity contribution in [3.8, 4) is 0 Å². The number of carbonyl (C=O) groups excluding carboxylic acids is 2. The first kappa shape index (κ1) is 13.8. The number of hydrogen-bond donors (Lipinski definition) is 1. The summed E-state index contributed by atoms with van der Waals surface area (Å²) in [5.74, 6) is -1.59. The van der Waals surface area contributed by atoms with E-state index < -0.39 is 11.8 Å². The van der Waals surface area contributed by atoms with Crippen LogP contribution in [0.3, 0.4) is 0 Å². The predicted molar refractivity (Wildman–Crippen MR) is 67.4 cm³/mol. The van der Waals surface area contributed by atoms with E-state index in [4.69, 9.17) is 16.3 Å². The molecule has 1 fully saturated rings. The van der Waals surface area contributed by atoms with Crippen molar-refractivity contribution >= 4 is 23.5 Å². The zero-order chi connectivity index (χ0) is 13.8. The first-order valence-corrected chi connectivity index (χ1v) is 6.33. The van der Waals surface area contributed by atoms with Crippen LogP contribution in [-0.2, 0) is 9.53 Å². The average Bonchev–Trinajstić information content (AvgIpc) is 2.36. The summed E-state index contributed by atoms with van der Waals surface area (Å²) in [6.07, 6.45) is 1.06. The number of nitrogens with one attached hydrogen (secondary N) is 1. The zero-order valence-electron chi connectivity index (χ0n) is 10.1. The highest BCUT2D eigenvalue weighted by Gasteiger charge is 2.22. The molecule has 2 rings (SSSR count). The van der Waals surface area contributed by atoms with Gasteiger partial charge in [0.1, 0.15) is 11.4 Å². The number of esters is 1. The van der Waals surface area contributed by atoms with Crippen LogP contribution in [0.1, 0.15) is 23.2 Å². The van der Waals surface area contributed by atoms with Gasteiger partial charge in [-0.15, -0.1) is 0 Å². The number of carbonyl (C=O) groups is 2. The minimum absolute atomic E-state index is 0.0198. The van der Waals surface area contributed by atoms with Crippen molar-refractivity contribution in [2.45, 2.75) is 12.8 Å². The molecule has 1 saturated heterocycles. The highest BCUT2D eigenvalue weighted by molar-refractivity contribution is 6.33. The molecule has 0 aliphatic carbocycles. The summed E-state index contributed by atoms with van der Waals surface area (Å²) in [6, 6.07) is 3.99. The highest BCUT2D eigenvalue weighted by Crippen LogP contribution is 2.21. The van der Waals surface area contributed by atoms with Crippen LogP contribution in [0.15, 0.2) is 18.2 Å². The van der Waals surface area contributed by atoms with Gasteiger partial charge in [0.15, 0.2) is 0 Å². The number of benzene rings is 1. The molecule has 0 saturated carbocycles. The van der Waals surface area contributed by atoms with E-state index in [9.17, 15) is 14.0 Å².